The maximum atomic E-state index is 5.34. The Kier molecular flexibility index (Phi) is 3.33. The van der Waals surface area contributed by atoms with Gasteiger partial charge in [0.25, 0.3) is 0 Å². The Morgan fingerprint density at radius 1 is 1.53 bits per heavy atom. The molecule has 0 radical (unpaired) electrons. The first-order chi connectivity index (χ1) is 7.14. The van der Waals surface area contributed by atoms with Crippen LogP contribution >= 0.6 is 0 Å². The van der Waals surface area contributed by atoms with Crippen LogP contribution in [0.2, 0.25) is 0 Å². The molecule has 2 aliphatic rings. The van der Waals surface area contributed by atoms with Crippen LogP contribution in [-0.2, 0) is 4.74 Å². The van der Waals surface area contributed by atoms with Gasteiger partial charge in [-0.3, -0.25) is 4.90 Å². The van der Waals surface area contributed by atoms with E-state index in [0.717, 1.165) is 25.6 Å². The number of methoxy groups -OCH3 is 1. The molecule has 3 heteroatoms. The topological polar surface area (TPSA) is 24.5 Å². The minimum atomic E-state index is 0.353. The maximum absolute atomic E-state index is 5.34. The van der Waals surface area contributed by atoms with Crippen LogP contribution in [-0.4, -0.2) is 49.8 Å². The summed E-state index contributed by atoms with van der Waals surface area (Å²) < 4.78 is 5.34. The summed E-state index contributed by atoms with van der Waals surface area (Å²) in [6.45, 7) is 9.08. The predicted molar refractivity (Wildman–Crippen MR) is 62.0 cm³/mol. The fraction of sp³-hybridized carbons (Fsp3) is 1.00. The highest BCUT2D eigenvalue weighted by molar-refractivity contribution is 5.02. The second-order valence-corrected chi connectivity index (χ2v) is 5.40. The Balaban J connectivity index is 1.86. The maximum Gasteiger partial charge on any atom is 0.0670 e. The number of piperazine rings is 1. The van der Waals surface area contributed by atoms with Gasteiger partial charge in [0.05, 0.1) is 6.10 Å². The van der Waals surface area contributed by atoms with E-state index in [2.05, 4.69) is 24.1 Å². The molecule has 88 valence electrons. The molecule has 1 heterocycles. The van der Waals surface area contributed by atoms with Crippen LogP contribution in [0.15, 0.2) is 0 Å². The van der Waals surface area contributed by atoms with Crippen LogP contribution in [0.25, 0.3) is 0 Å². The molecule has 1 N–H and O–H groups in total. The highest BCUT2D eigenvalue weighted by Crippen LogP contribution is 2.40. The predicted octanol–water partition coefficient (Wildman–Crippen LogP) is 1.10. The fourth-order valence-electron chi connectivity index (χ4n) is 2.69. The summed E-state index contributed by atoms with van der Waals surface area (Å²) >= 11 is 0. The molecule has 1 aliphatic heterocycles. The van der Waals surface area contributed by atoms with E-state index < -0.39 is 0 Å². The second-order valence-electron chi connectivity index (χ2n) is 5.40. The standard InChI is InChI=1S/C12H24N2O/c1-10(15-3)8-14-7-6-13-12(2,9-14)11-4-5-11/h10-11,13H,4-9H2,1-3H3. The number of nitrogens with one attached hydrogen (secondary N) is 1. The van der Waals surface area contributed by atoms with Crippen molar-refractivity contribution in [1.29, 1.82) is 0 Å². The minimum Gasteiger partial charge on any atom is -0.380 e. The van der Waals surface area contributed by atoms with Gasteiger partial charge < -0.3 is 10.1 Å². The molecule has 2 fully saturated rings. The number of ether oxygens (including phenoxy) is 1. The number of hydrogen-bond acceptors (Lipinski definition) is 3. The van der Waals surface area contributed by atoms with Gasteiger partial charge in [-0.25, -0.2) is 0 Å². The Morgan fingerprint density at radius 2 is 2.27 bits per heavy atom. The molecule has 0 spiro atoms. The number of rotatable bonds is 4. The molecule has 0 aromatic heterocycles. The van der Waals surface area contributed by atoms with E-state index in [1.807, 2.05) is 0 Å². The van der Waals surface area contributed by atoms with Crippen molar-refractivity contribution < 1.29 is 4.74 Å². The van der Waals surface area contributed by atoms with Gasteiger partial charge in [-0.2, -0.15) is 0 Å². The lowest BCUT2D eigenvalue weighted by atomic mass is 9.93. The van der Waals surface area contributed by atoms with Gasteiger partial charge in [-0.15, -0.1) is 0 Å². The van der Waals surface area contributed by atoms with Gasteiger partial charge in [0.1, 0.15) is 0 Å². The van der Waals surface area contributed by atoms with E-state index in [4.69, 9.17) is 4.74 Å². The van der Waals surface area contributed by atoms with E-state index in [1.54, 1.807) is 7.11 Å². The first kappa shape index (κ1) is 11.4. The largest absolute Gasteiger partial charge is 0.380 e. The normalized spacial score (nSPS) is 35.4. The summed E-state index contributed by atoms with van der Waals surface area (Å²) in [7, 11) is 1.80. The molecular formula is C12H24N2O. The zero-order chi connectivity index (χ0) is 10.9. The quantitative estimate of drug-likeness (QED) is 0.755. The molecule has 15 heavy (non-hydrogen) atoms. The molecule has 2 rings (SSSR count). The Hall–Kier alpha value is -0.120. The van der Waals surface area contributed by atoms with Crippen molar-refractivity contribution >= 4 is 0 Å². The summed E-state index contributed by atoms with van der Waals surface area (Å²) in [5, 5.41) is 3.70. The van der Waals surface area contributed by atoms with Crippen molar-refractivity contribution in [3.63, 3.8) is 0 Å². The van der Waals surface area contributed by atoms with Crippen LogP contribution in [0.3, 0.4) is 0 Å². The van der Waals surface area contributed by atoms with E-state index in [0.29, 0.717) is 11.6 Å². The van der Waals surface area contributed by atoms with Gasteiger partial charge in [0.2, 0.25) is 0 Å². The van der Waals surface area contributed by atoms with Crippen LogP contribution in [0, 0.1) is 5.92 Å². The third-order valence-electron chi connectivity index (χ3n) is 3.91. The zero-order valence-corrected chi connectivity index (χ0v) is 10.3. The molecular weight excluding hydrogens is 188 g/mol. The van der Waals surface area contributed by atoms with Crippen molar-refractivity contribution in [3.05, 3.63) is 0 Å². The molecule has 0 bridgehead atoms. The van der Waals surface area contributed by atoms with Crippen molar-refractivity contribution in [1.82, 2.24) is 10.2 Å². The van der Waals surface area contributed by atoms with Gasteiger partial charge in [-0.05, 0) is 32.6 Å². The molecule has 2 atom stereocenters. The summed E-state index contributed by atoms with van der Waals surface area (Å²) in [4.78, 5) is 2.54. The smallest absolute Gasteiger partial charge is 0.0670 e. The SMILES string of the molecule is COC(C)CN1CCNC(C)(C2CC2)C1. The van der Waals surface area contributed by atoms with Crippen molar-refractivity contribution in [3.8, 4) is 0 Å². The van der Waals surface area contributed by atoms with Crippen molar-refractivity contribution in [2.75, 3.05) is 33.3 Å². The average molecular weight is 212 g/mol. The van der Waals surface area contributed by atoms with E-state index >= 15 is 0 Å². The monoisotopic (exact) mass is 212 g/mol. The molecule has 1 saturated heterocycles. The van der Waals surface area contributed by atoms with Crippen LogP contribution in [0.1, 0.15) is 26.7 Å². The number of nitrogens with zero attached hydrogens (tertiary/aromatic N) is 1. The summed E-state index contributed by atoms with van der Waals surface area (Å²) in [5.74, 6) is 0.915. The van der Waals surface area contributed by atoms with Gasteiger partial charge in [0.15, 0.2) is 0 Å². The highest BCUT2D eigenvalue weighted by Gasteiger charge is 2.43. The van der Waals surface area contributed by atoms with Crippen molar-refractivity contribution in [2.24, 2.45) is 5.92 Å². The lowest BCUT2D eigenvalue weighted by Gasteiger charge is -2.42. The Bertz CT molecular complexity index is 218. The summed E-state index contributed by atoms with van der Waals surface area (Å²) in [6, 6.07) is 0. The Morgan fingerprint density at radius 3 is 2.87 bits per heavy atom. The lowest BCUT2D eigenvalue weighted by molar-refractivity contribution is 0.0479. The first-order valence-corrected chi connectivity index (χ1v) is 6.14. The van der Waals surface area contributed by atoms with Crippen LogP contribution in [0.5, 0.6) is 0 Å². The first-order valence-electron chi connectivity index (χ1n) is 6.14. The fourth-order valence-corrected chi connectivity index (χ4v) is 2.69. The summed E-state index contributed by atoms with van der Waals surface area (Å²) in [5.41, 5.74) is 0.367. The van der Waals surface area contributed by atoms with E-state index in [9.17, 15) is 0 Å². The lowest BCUT2D eigenvalue weighted by Crippen LogP contribution is -2.60. The second kappa shape index (κ2) is 4.40. The molecule has 0 aromatic carbocycles. The zero-order valence-electron chi connectivity index (χ0n) is 10.3. The average Bonchev–Trinajstić information content (AvgIpc) is 3.01. The van der Waals surface area contributed by atoms with Gasteiger partial charge in [0, 0.05) is 38.8 Å². The third kappa shape index (κ3) is 2.71. The third-order valence-corrected chi connectivity index (χ3v) is 3.91. The highest BCUT2D eigenvalue weighted by atomic mass is 16.5. The molecule has 0 amide bonds. The van der Waals surface area contributed by atoms with Crippen LogP contribution in [0.4, 0.5) is 0 Å². The Labute approximate surface area is 93.2 Å². The van der Waals surface area contributed by atoms with Gasteiger partial charge in [-0.1, -0.05) is 0 Å². The molecule has 1 saturated carbocycles. The summed E-state index contributed by atoms with van der Waals surface area (Å²) in [6.07, 6.45) is 3.18. The minimum absolute atomic E-state index is 0.353. The molecule has 2 unspecified atom stereocenters. The molecule has 1 aliphatic carbocycles. The van der Waals surface area contributed by atoms with Crippen LogP contribution < -0.4 is 5.32 Å². The van der Waals surface area contributed by atoms with Gasteiger partial charge >= 0.3 is 0 Å². The molecule has 3 nitrogen and oxygen atoms in total. The number of hydrogen-bond donors (Lipinski definition) is 1. The molecule has 0 aromatic rings. The van der Waals surface area contributed by atoms with E-state index in [1.165, 1.54) is 19.4 Å². The van der Waals surface area contributed by atoms with Crippen molar-refractivity contribution in [2.45, 2.75) is 38.3 Å². The van der Waals surface area contributed by atoms with E-state index in [-0.39, 0.29) is 0 Å².